The van der Waals surface area contributed by atoms with Crippen molar-refractivity contribution in [1.82, 2.24) is 9.80 Å². The summed E-state index contributed by atoms with van der Waals surface area (Å²) in [6.45, 7) is 6.58. The van der Waals surface area contributed by atoms with E-state index in [0.717, 1.165) is 44.0 Å². The molecule has 4 nitrogen and oxygen atoms in total. The first kappa shape index (κ1) is 14.6. The van der Waals surface area contributed by atoms with E-state index in [1.54, 1.807) is 0 Å². The molecule has 0 unspecified atom stereocenters. The van der Waals surface area contributed by atoms with Crippen molar-refractivity contribution in [3.05, 3.63) is 28.8 Å². The summed E-state index contributed by atoms with van der Waals surface area (Å²) in [7, 11) is 2.16. The summed E-state index contributed by atoms with van der Waals surface area (Å²) in [5.41, 5.74) is 6.69. The monoisotopic (exact) mass is 283 g/mol. The fourth-order valence-corrected chi connectivity index (χ4v) is 2.35. The molecule has 0 saturated carbocycles. The smallest absolute Gasteiger partial charge is 0.125 e. The van der Waals surface area contributed by atoms with Crippen LogP contribution >= 0.6 is 11.6 Å². The lowest BCUT2D eigenvalue weighted by molar-refractivity contribution is 0.133. The molecule has 1 saturated heterocycles. The van der Waals surface area contributed by atoms with Crippen LogP contribution < -0.4 is 10.5 Å². The van der Waals surface area contributed by atoms with Gasteiger partial charge in [-0.2, -0.15) is 0 Å². The van der Waals surface area contributed by atoms with Gasteiger partial charge >= 0.3 is 0 Å². The van der Waals surface area contributed by atoms with Crippen molar-refractivity contribution < 1.29 is 4.74 Å². The highest BCUT2D eigenvalue weighted by molar-refractivity contribution is 6.30. The molecule has 0 amide bonds. The molecule has 1 aliphatic heterocycles. The number of halogens is 1. The molecule has 5 heteroatoms. The molecule has 0 bridgehead atoms. The standard InChI is InChI=1S/C14H22ClN3O/c1-17-4-6-18(7-5-17)8-9-19-14-10-13(15)3-2-12(14)11-16/h2-3,10H,4-9,11,16H2,1H3. The number of piperazine rings is 1. The highest BCUT2D eigenvalue weighted by atomic mass is 35.5. The van der Waals surface area contributed by atoms with Gasteiger partial charge in [-0.15, -0.1) is 0 Å². The summed E-state index contributed by atoms with van der Waals surface area (Å²) in [5, 5.41) is 0.687. The molecule has 2 rings (SSSR count). The zero-order valence-corrected chi connectivity index (χ0v) is 12.2. The van der Waals surface area contributed by atoms with Crippen LogP contribution in [0.5, 0.6) is 5.75 Å². The van der Waals surface area contributed by atoms with Gasteiger partial charge in [-0.05, 0) is 19.2 Å². The number of likely N-dealkylation sites (N-methyl/N-ethyl adjacent to an activating group) is 1. The predicted octanol–water partition coefficient (Wildman–Crippen LogP) is 1.42. The second kappa shape index (κ2) is 7.10. The van der Waals surface area contributed by atoms with Crippen LogP contribution in [0.2, 0.25) is 5.02 Å². The van der Waals surface area contributed by atoms with Gasteiger partial charge in [0.2, 0.25) is 0 Å². The zero-order valence-electron chi connectivity index (χ0n) is 11.4. The van der Waals surface area contributed by atoms with E-state index in [-0.39, 0.29) is 0 Å². The maximum absolute atomic E-state index is 5.98. The van der Waals surface area contributed by atoms with E-state index in [1.165, 1.54) is 0 Å². The molecule has 0 atom stereocenters. The van der Waals surface area contributed by atoms with Crippen molar-refractivity contribution in [2.75, 3.05) is 46.4 Å². The Labute approximate surface area is 120 Å². The maximum Gasteiger partial charge on any atom is 0.125 e. The third kappa shape index (κ3) is 4.35. The molecule has 1 aliphatic rings. The van der Waals surface area contributed by atoms with Gasteiger partial charge in [-0.25, -0.2) is 0 Å². The molecule has 19 heavy (non-hydrogen) atoms. The molecule has 1 aromatic rings. The van der Waals surface area contributed by atoms with Gasteiger partial charge in [0.25, 0.3) is 0 Å². The lowest BCUT2D eigenvalue weighted by atomic mass is 10.2. The molecular weight excluding hydrogens is 262 g/mol. The van der Waals surface area contributed by atoms with Gasteiger partial charge in [0.1, 0.15) is 12.4 Å². The Morgan fingerprint density at radius 3 is 2.68 bits per heavy atom. The quantitative estimate of drug-likeness (QED) is 0.888. The number of nitrogens with two attached hydrogens (primary N) is 1. The lowest BCUT2D eigenvalue weighted by Crippen LogP contribution is -2.45. The third-order valence-corrected chi connectivity index (χ3v) is 3.75. The first-order valence-corrected chi connectivity index (χ1v) is 7.09. The molecule has 2 N–H and O–H groups in total. The Hall–Kier alpha value is -0.810. The van der Waals surface area contributed by atoms with Gasteiger partial charge < -0.3 is 15.4 Å². The van der Waals surface area contributed by atoms with E-state index in [1.807, 2.05) is 18.2 Å². The average molecular weight is 284 g/mol. The van der Waals surface area contributed by atoms with E-state index in [4.69, 9.17) is 22.1 Å². The van der Waals surface area contributed by atoms with E-state index >= 15 is 0 Å². The van der Waals surface area contributed by atoms with Crippen LogP contribution in [0.4, 0.5) is 0 Å². The van der Waals surface area contributed by atoms with Crippen molar-refractivity contribution in [1.29, 1.82) is 0 Å². The van der Waals surface area contributed by atoms with Crippen LogP contribution in [0.1, 0.15) is 5.56 Å². The first-order valence-electron chi connectivity index (χ1n) is 6.71. The normalized spacial score (nSPS) is 17.6. The third-order valence-electron chi connectivity index (χ3n) is 3.51. The number of rotatable bonds is 5. The van der Waals surface area contributed by atoms with Gasteiger partial charge in [0.15, 0.2) is 0 Å². The number of benzene rings is 1. The predicted molar refractivity (Wildman–Crippen MR) is 78.8 cm³/mol. The number of hydrogen-bond acceptors (Lipinski definition) is 4. The lowest BCUT2D eigenvalue weighted by Gasteiger charge is -2.32. The van der Waals surface area contributed by atoms with Crippen LogP contribution in [0.15, 0.2) is 18.2 Å². The number of ether oxygens (including phenoxy) is 1. The summed E-state index contributed by atoms with van der Waals surface area (Å²) in [5.74, 6) is 0.809. The van der Waals surface area contributed by atoms with E-state index in [9.17, 15) is 0 Å². The van der Waals surface area contributed by atoms with Crippen LogP contribution in [0, 0.1) is 0 Å². The fourth-order valence-electron chi connectivity index (χ4n) is 2.19. The average Bonchev–Trinajstić information content (AvgIpc) is 2.41. The molecule has 1 heterocycles. The topological polar surface area (TPSA) is 41.7 Å². The summed E-state index contributed by atoms with van der Waals surface area (Å²) in [4.78, 5) is 4.77. The zero-order chi connectivity index (χ0) is 13.7. The van der Waals surface area contributed by atoms with Gasteiger partial charge in [-0.1, -0.05) is 17.7 Å². The Balaban J connectivity index is 1.80. The first-order chi connectivity index (χ1) is 9.19. The molecule has 0 aliphatic carbocycles. The van der Waals surface area contributed by atoms with Crippen molar-refractivity contribution in [3.63, 3.8) is 0 Å². The van der Waals surface area contributed by atoms with Crippen molar-refractivity contribution >= 4 is 11.6 Å². The van der Waals surface area contributed by atoms with Crippen molar-refractivity contribution in [2.24, 2.45) is 5.73 Å². The summed E-state index contributed by atoms with van der Waals surface area (Å²) in [6.07, 6.45) is 0. The second-order valence-electron chi connectivity index (χ2n) is 4.95. The van der Waals surface area contributed by atoms with Crippen LogP contribution in [0.3, 0.4) is 0 Å². The molecule has 1 aromatic carbocycles. The minimum atomic E-state index is 0.473. The minimum absolute atomic E-state index is 0.473. The van der Waals surface area contributed by atoms with Crippen molar-refractivity contribution in [2.45, 2.75) is 6.54 Å². The Morgan fingerprint density at radius 1 is 1.26 bits per heavy atom. The highest BCUT2D eigenvalue weighted by Crippen LogP contribution is 2.23. The summed E-state index contributed by atoms with van der Waals surface area (Å²) >= 11 is 5.98. The highest BCUT2D eigenvalue weighted by Gasteiger charge is 2.13. The second-order valence-corrected chi connectivity index (χ2v) is 5.39. The van der Waals surface area contributed by atoms with Crippen LogP contribution in [-0.4, -0.2) is 56.2 Å². The Bertz CT molecular complexity index is 406. The van der Waals surface area contributed by atoms with Gasteiger partial charge in [0, 0.05) is 49.9 Å². The van der Waals surface area contributed by atoms with Crippen LogP contribution in [-0.2, 0) is 6.54 Å². The summed E-state index contributed by atoms with van der Waals surface area (Å²) < 4.78 is 5.82. The number of hydrogen-bond donors (Lipinski definition) is 1. The molecule has 0 spiro atoms. The molecular formula is C14H22ClN3O. The SMILES string of the molecule is CN1CCN(CCOc2cc(Cl)ccc2CN)CC1. The Morgan fingerprint density at radius 2 is 2.00 bits per heavy atom. The van der Waals surface area contributed by atoms with Gasteiger partial charge in [0.05, 0.1) is 0 Å². The minimum Gasteiger partial charge on any atom is -0.492 e. The molecule has 0 radical (unpaired) electrons. The molecule has 0 aromatic heterocycles. The fraction of sp³-hybridized carbons (Fsp3) is 0.571. The van der Waals surface area contributed by atoms with Crippen molar-refractivity contribution in [3.8, 4) is 5.75 Å². The Kier molecular flexibility index (Phi) is 5.45. The summed E-state index contributed by atoms with van der Waals surface area (Å²) in [6, 6.07) is 5.61. The van der Waals surface area contributed by atoms with E-state index in [2.05, 4.69) is 16.8 Å². The largest absolute Gasteiger partial charge is 0.492 e. The van der Waals surface area contributed by atoms with Gasteiger partial charge in [-0.3, -0.25) is 4.90 Å². The molecule has 106 valence electrons. The van der Waals surface area contributed by atoms with E-state index < -0.39 is 0 Å². The van der Waals surface area contributed by atoms with E-state index in [0.29, 0.717) is 18.2 Å². The molecule has 1 fully saturated rings. The van der Waals surface area contributed by atoms with Crippen LogP contribution in [0.25, 0.3) is 0 Å². The number of nitrogens with zero attached hydrogens (tertiary/aromatic N) is 2. The maximum atomic E-state index is 5.98.